The molecule has 1 rings (SSSR count). The van der Waals surface area contributed by atoms with Gasteiger partial charge in [0, 0.05) is 17.8 Å². The molecule has 1 unspecified atom stereocenters. The van der Waals surface area contributed by atoms with Crippen molar-refractivity contribution in [3.05, 3.63) is 22.9 Å². The van der Waals surface area contributed by atoms with Crippen LogP contribution in [-0.4, -0.2) is 30.7 Å². The van der Waals surface area contributed by atoms with Gasteiger partial charge in [-0.05, 0) is 22.0 Å². The fourth-order valence-electron chi connectivity index (χ4n) is 1.03. The molecule has 0 aliphatic heterocycles. The minimum Gasteiger partial charge on any atom is -0.476 e. The highest BCUT2D eigenvalue weighted by atomic mass is 79.9. The molecule has 0 bridgehead atoms. The first-order chi connectivity index (χ1) is 7.67. The van der Waals surface area contributed by atoms with Crippen molar-refractivity contribution < 1.29 is 14.3 Å². The first kappa shape index (κ1) is 12.9. The van der Waals surface area contributed by atoms with Gasteiger partial charge in [-0.15, -0.1) is 0 Å². The van der Waals surface area contributed by atoms with E-state index >= 15 is 0 Å². The van der Waals surface area contributed by atoms with Gasteiger partial charge < -0.3 is 9.47 Å². The molecule has 6 nitrogen and oxygen atoms in total. The number of nitrogens with one attached hydrogen (secondary N) is 1. The van der Waals surface area contributed by atoms with Crippen LogP contribution in [0.2, 0.25) is 0 Å². The average molecular weight is 290 g/mol. The van der Waals surface area contributed by atoms with Crippen LogP contribution in [0.3, 0.4) is 0 Å². The van der Waals surface area contributed by atoms with E-state index in [4.69, 9.17) is 15.3 Å². The molecule has 1 atom stereocenters. The lowest BCUT2D eigenvalue weighted by atomic mass is 10.3. The number of methoxy groups -OCH3 is 1. The van der Waals surface area contributed by atoms with Crippen LogP contribution in [-0.2, 0) is 9.53 Å². The molecule has 1 aromatic heterocycles. The summed E-state index contributed by atoms with van der Waals surface area (Å²) in [6.07, 6.45) is 2.31. The fourth-order valence-corrected chi connectivity index (χ4v) is 1.37. The van der Waals surface area contributed by atoms with Gasteiger partial charge in [-0.25, -0.2) is 5.84 Å². The van der Waals surface area contributed by atoms with E-state index in [1.807, 2.05) is 5.43 Å². The maximum atomic E-state index is 11.3. The Hall–Kier alpha value is -1.18. The lowest BCUT2D eigenvalue weighted by Crippen LogP contribution is -2.44. The summed E-state index contributed by atoms with van der Waals surface area (Å²) in [7, 11) is 1.47. The van der Waals surface area contributed by atoms with Crippen LogP contribution in [0.1, 0.15) is 0 Å². The number of rotatable bonds is 5. The predicted octanol–water partition coefficient (Wildman–Crippen LogP) is 0.228. The van der Waals surface area contributed by atoms with E-state index in [-0.39, 0.29) is 6.61 Å². The molecule has 0 spiro atoms. The van der Waals surface area contributed by atoms with Gasteiger partial charge in [0.1, 0.15) is 5.75 Å². The molecule has 0 saturated carbocycles. The van der Waals surface area contributed by atoms with Gasteiger partial charge in [-0.1, -0.05) is 0 Å². The number of nitrogens with two attached hydrogens (primary N) is 1. The Kier molecular flexibility index (Phi) is 5.17. The van der Waals surface area contributed by atoms with E-state index in [1.54, 1.807) is 12.3 Å². The highest BCUT2D eigenvalue weighted by Crippen LogP contribution is 2.17. The Bertz CT molecular complexity index is 362. The number of hydrazine groups is 1. The molecule has 0 aromatic carbocycles. The summed E-state index contributed by atoms with van der Waals surface area (Å²) >= 11 is 3.25. The number of hydrogen-bond acceptors (Lipinski definition) is 5. The number of carbonyl (C=O) groups is 1. The lowest BCUT2D eigenvalue weighted by molar-refractivity contribution is -0.130. The molecule has 0 saturated heterocycles. The van der Waals surface area contributed by atoms with Gasteiger partial charge in [-0.3, -0.25) is 15.2 Å². The molecule has 3 N–H and O–H groups in total. The zero-order valence-electron chi connectivity index (χ0n) is 8.64. The standard InChI is InChI=1S/C9H12BrN3O3/c1-15-5-8(9(14)13-11)16-7-2-6(10)3-12-4-7/h2-4,8H,5,11H2,1H3,(H,13,14). The second kappa shape index (κ2) is 6.41. The molecule has 1 heterocycles. The smallest absolute Gasteiger partial charge is 0.277 e. The van der Waals surface area contributed by atoms with Crippen molar-refractivity contribution >= 4 is 21.8 Å². The molecule has 1 amide bonds. The summed E-state index contributed by atoms with van der Waals surface area (Å²) in [5.41, 5.74) is 2.01. The van der Waals surface area contributed by atoms with Crippen LogP contribution in [0, 0.1) is 0 Å². The Morgan fingerprint density at radius 1 is 1.69 bits per heavy atom. The number of ether oxygens (including phenoxy) is 2. The summed E-state index contributed by atoms with van der Waals surface area (Å²) in [5, 5.41) is 0. The third-order valence-electron chi connectivity index (χ3n) is 1.71. The van der Waals surface area contributed by atoms with Crippen LogP contribution >= 0.6 is 15.9 Å². The van der Waals surface area contributed by atoms with Crippen molar-refractivity contribution in [1.29, 1.82) is 0 Å². The predicted molar refractivity (Wildman–Crippen MR) is 60.6 cm³/mol. The van der Waals surface area contributed by atoms with Crippen LogP contribution in [0.5, 0.6) is 5.75 Å². The van der Waals surface area contributed by atoms with Crippen molar-refractivity contribution in [3.8, 4) is 5.75 Å². The normalized spacial score (nSPS) is 11.9. The summed E-state index contributed by atoms with van der Waals surface area (Å²) < 4.78 is 11.0. The van der Waals surface area contributed by atoms with Crippen molar-refractivity contribution in [2.45, 2.75) is 6.10 Å². The Labute approximate surface area is 101 Å². The van der Waals surface area contributed by atoms with Crippen molar-refractivity contribution in [2.75, 3.05) is 13.7 Å². The minimum absolute atomic E-state index is 0.107. The van der Waals surface area contributed by atoms with Crippen LogP contribution in [0.15, 0.2) is 22.9 Å². The molecular formula is C9H12BrN3O3. The van der Waals surface area contributed by atoms with Crippen LogP contribution < -0.4 is 16.0 Å². The largest absolute Gasteiger partial charge is 0.476 e. The number of nitrogens with zero attached hydrogens (tertiary/aromatic N) is 1. The highest BCUT2D eigenvalue weighted by molar-refractivity contribution is 9.10. The van der Waals surface area contributed by atoms with Crippen LogP contribution in [0.4, 0.5) is 0 Å². The molecule has 0 fully saturated rings. The first-order valence-electron chi connectivity index (χ1n) is 4.44. The number of carbonyl (C=O) groups excluding carboxylic acids is 1. The lowest BCUT2D eigenvalue weighted by Gasteiger charge is -2.16. The van der Waals surface area contributed by atoms with Gasteiger partial charge in [0.2, 0.25) is 6.10 Å². The minimum atomic E-state index is -0.800. The number of halogens is 1. The van der Waals surface area contributed by atoms with Gasteiger partial charge in [0.25, 0.3) is 5.91 Å². The average Bonchev–Trinajstić information content (AvgIpc) is 2.27. The quantitative estimate of drug-likeness (QED) is 0.460. The molecule has 88 valence electrons. The van der Waals surface area contributed by atoms with E-state index < -0.39 is 12.0 Å². The second-order valence-corrected chi connectivity index (χ2v) is 3.82. The molecule has 0 aliphatic rings. The molecular weight excluding hydrogens is 278 g/mol. The number of hydrogen-bond donors (Lipinski definition) is 2. The highest BCUT2D eigenvalue weighted by Gasteiger charge is 2.19. The zero-order valence-corrected chi connectivity index (χ0v) is 10.2. The maximum Gasteiger partial charge on any atom is 0.277 e. The van der Waals surface area contributed by atoms with Crippen molar-refractivity contribution in [3.63, 3.8) is 0 Å². The SMILES string of the molecule is COCC(Oc1cncc(Br)c1)C(=O)NN. The van der Waals surface area contributed by atoms with Crippen molar-refractivity contribution in [2.24, 2.45) is 5.84 Å². The summed E-state index contributed by atoms with van der Waals surface area (Å²) in [5.74, 6) is 5.03. The molecule has 0 aliphatic carbocycles. The third kappa shape index (κ3) is 3.76. The number of pyridine rings is 1. The summed E-state index contributed by atoms with van der Waals surface area (Å²) in [6.45, 7) is 0.107. The van der Waals surface area contributed by atoms with E-state index in [9.17, 15) is 4.79 Å². The van der Waals surface area contributed by atoms with E-state index in [0.29, 0.717) is 5.75 Å². The van der Waals surface area contributed by atoms with E-state index in [0.717, 1.165) is 4.47 Å². The first-order valence-corrected chi connectivity index (χ1v) is 5.23. The Morgan fingerprint density at radius 2 is 2.44 bits per heavy atom. The molecule has 16 heavy (non-hydrogen) atoms. The zero-order chi connectivity index (χ0) is 12.0. The molecule has 7 heteroatoms. The summed E-state index contributed by atoms with van der Waals surface area (Å²) in [6, 6.07) is 1.69. The number of amides is 1. The summed E-state index contributed by atoms with van der Waals surface area (Å²) in [4.78, 5) is 15.2. The molecule has 1 aromatic rings. The Balaban J connectivity index is 2.71. The fraction of sp³-hybridized carbons (Fsp3) is 0.333. The second-order valence-electron chi connectivity index (χ2n) is 2.91. The van der Waals surface area contributed by atoms with Crippen molar-refractivity contribution in [1.82, 2.24) is 10.4 Å². The number of aromatic nitrogens is 1. The maximum absolute atomic E-state index is 11.3. The van der Waals surface area contributed by atoms with E-state index in [2.05, 4.69) is 20.9 Å². The van der Waals surface area contributed by atoms with E-state index in [1.165, 1.54) is 13.3 Å². The van der Waals surface area contributed by atoms with Gasteiger partial charge >= 0.3 is 0 Å². The Morgan fingerprint density at radius 3 is 3.00 bits per heavy atom. The topological polar surface area (TPSA) is 86.5 Å². The third-order valence-corrected chi connectivity index (χ3v) is 2.14. The monoisotopic (exact) mass is 289 g/mol. The van der Waals surface area contributed by atoms with Gasteiger partial charge in [-0.2, -0.15) is 0 Å². The van der Waals surface area contributed by atoms with Gasteiger partial charge in [0.05, 0.1) is 12.8 Å². The van der Waals surface area contributed by atoms with Crippen LogP contribution in [0.25, 0.3) is 0 Å². The van der Waals surface area contributed by atoms with Gasteiger partial charge in [0.15, 0.2) is 0 Å². The molecule has 0 radical (unpaired) electrons.